The number of sulfone groups is 1. The first-order valence-corrected chi connectivity index (χ1v) is 18.6. The standard InChI is InChI=1S/C37H43N5O9S/c1-10-49-29-18-23(52(46,47)11-2)20-38-31(29)39-30-24-14-12-21(16-28(24)42(40-30)34(45)51-36(6,7)8)26-19-37(26)25-17-22(48-9)13-15-27(25)41(32(37)43)33(44)50-35(3,4)5/h12-18,20,26H,10-11,19H2,1-9H3,(H,38,39,40)/t26-,37-/m0/s1. The summed E-state index contributed by atoms with van der Waals surface area (Å²) in [6, 6.07) is 12.0. The van der Waals surface area contributed by atoms with Gasteiger partial charge in [-0.3, -0.25) is 4.79 Å². The van der Waals surface area contributed by atoms with Crippen LogP contribution in [0.2, 0.25) is 0 Å². The van der Waals surface area contributed by atoms with Crippen LogP contribution in [0.4, 0.5) is 26.9 Å². The van der Waals surface area contributed by atoms with Gasteiger partial charge in [-0.05, 0) is 96.3 Å². The van der Waals surface area contributed by atoms with Crippen molar-refractivity contribution in [2.45, 2.75) is 89.2 Å². The number of fused-ring (bicyclic) bond motifs is 3. The molecular formula is C37H43N5O9S. The normalized spacial score (nSPS) is 18.4. The van der Waals surface area contributed by atoms with Gasteiger partial charge in [-0.15, -0.1) is 5.10 Å². The number of methoxy groups -OCH3 is 1. The fourth-order valence-electron chi connectivity index (χ4n) is 6.43. The van der Waals surface area contributed by atoms with E-state index in [1.807, 2.05) is 6.07 Å². The van der Waals surface area contributed by atoms with Crippen LogP contribution in [0.5, 0.6) is 11.5 Å². The van der Waals surface area contributed by atoms with E-state index in [1.165, 1.54) is 19.4 Å². The molecule has 0 saturated heterocycles. The van der Waals surface area contributed by atoms with E-state index in [4.69, 9.17) is 18.9 Å². The zero-order valence-corrected chi connectivity index (χ0v) is 31.5. The van der Waals surface area contributed by atoms with E-state index in [2.05, 4.69) is 15.4 Å². The van der Waals surface area contributed by atoms with Crippen LogP contribution in [-0.2, 0) is 29.5 Å². The quantitative estimate of drug-likeness (QED) is 0.200. The SMILES string of the molecule is CCOc1cc(S(=O)(=O)CC)cnc1Nc1nn(C(=O)OC(C)(C)C)c2cc([C@@H]3C[C@@]34C(=O)N(C(=O)OC(C)(C)C)c3ccc(OC)cc34)ccc12. The van der Waals surface area contributed by atoms with E-state index in [1.54, 1.807) is 85.7 Å². The Hall–Kier alpha value is -5.18. The molecule has 2 aromatic carbocycles. The van der Waals surface area contributed by atoms with Crippen molar-refractivity contribution in [3.8, 4) is 11.5 Å². The highest BCUT2D eigenvalue weighted by Crippen LogP contribution is 2.67. The summed E-state index contributed by atoms with van der Waals surface area (Å²) >= 11 is 0. The number of pyridine rings is 1. The number of aromatic nitrogens is 3. The molecule has 1 aliphatic heterocycles. The molecule has 6 rings (SSSR count). The maximum Gasteiger partial charge on any atom is 0.435 e. The zero-order valence-electron chi connectivity index (χ0n) is 30.7. The first kappa shape index (κ1) is 36.6. The molecule has 1 N–H and O–H groups in total. The fourth-order valence-corrected chi connectivity index (χ4v) is 7.26. The summed E-state index contributed by atoms with van der Waals surface area (Å²) in [6.07, 6.45) is 0.143. The van der Waals surface area contributed by atoms with Gasteiger partial charge in [0.1, 0.15) is 17.0 Å². The van der Waals surface area contributed by atoms with Gasteiger partial charge in [-0.25, -0.2) is 27.9 Å². The Morgan fingerprint density at radius 3 is 2.29 bits per heavy atom. The number of hydrogen-bond donors (Lipinski definition) is 1. The van der Waals surface area contributed by atoms with Gasteiger partial charge in [0.05, 0.1) is 41.0 Å². The highest BCUT2D eigenvalue weighted by atomic mass is 32.2. The predicted octanol–water partition coefficient (Wildman–Crippen LogP) is 6.87. The highest BCUT2D eigenvalue weighted by Gasteiger charge is 2.68. The second-order valence-electron chi connectivity index (χ2n) is 14.7. The third-order valence-corrected chi connectivity index (χ3v) is 10.5. The molecule has 1 saturated carbocycles. The van der Waals surface area contributed by atoms with Crippen LogP contribution in [0.3, 0.4) is 0 Å². The highest BCUT2D eigenvalue weighted by molar-refractivity contribution is 7.91. The van der Waals surface area contributed by atoms with E-state index in [-0.39, 0.29) is 40.6 Å². The summed E-state index contributed by atoms with van der Waals surface area (Å²) in [6.45, 7) is 14.0. The van der Waals surface area contributed by atoms with Gasteiger partial charge in [0.2, 0.25) is 5.91 Å². The maximum absolute atomic E-state index is 14.3. The minimum absolute atomic E-state index is 0.0158. The van der Waals surface area contributed by atoms with Crippen molar-refractivity contribution < 1.29 is 41.7 Å². The lowest BCUT2D eigenvalue weighted by atomic mass is 9.91. The Balaban J connectivity index is 1.43. The Kier molecular flexibility index (Phi) is 9.01. The van der Waals surface area contributed by atoms with Gasteiger partial charge in [0, 0.05) is 23.6 Å². The number of ether oxygens (including phenoxy) is 4. The first-order chi connectivity index (χ1) is 24.3. The van der Waals surface area contributed by atoms with Crippen molar-refractivity contribution in [1.82, 2.24) is 14.8 Å². The maximum atomic E-state index is 14.3. The number of carbonyl (C=O) groups is 3. The monoisotopic (exact) mass is 733 g/mol. The molecule has 0 radical (unpaired) electrons. The smallest absolute Gasteiger partial charge is 0.435 e. The van der Waals surface area contributed by atoms with Crippen LogP contribution in [0.25, 0.3) is 10.9 Å². The minimum atomic E-state index is -3.56. The number of amides is 2. The third-order valence-electron chi connectivity index (χ3n) is 8.82. The largest absolute Gasteiger partial charge is 0.497 e. The topological polar surface area (TPSA) is 168 Å². The number of imide groups is 1. The molecule has 52 heavy (non-hydrogen) atoms. The number of anilines is 3. The molecule has 0 bridgehead atoms. The first-order valence-electron chi connectivity index (χ1n) is 17.0. The molecule has 2 aliphatic rings. The number of rotatable bonds is 8. The van der Waals surface area contributed by atoms with Crippen molar-refractivity contribution in [3.05, 3.63) is 59.8 Å². The van der Waals surface area contributed by atoms with Crippen LogP contribution >= 0.6 is 0 Å². The summed E-state index contributed by atoms with van der Waals surface area (Å²) in [5.41, 5.74) is -0.519. The molecule has 14 nitrogen and oxygen atoms in total. The van der Waals surface area contributed by atoms with Gasteiger partial charge in [0.15, 0.2) is 27.2 Å². The molecule has 4 aromatic rings. The van der Waals surface area contributed by atoms with E-state index in [9.17, 15) is 22.8 Å². The van der Waals surface area contributed by atoms with E-state index in [0.29, 0.717) is 34.3 Å². The lowest BCUT2D eigenvalue weighted by Crippen LogP contribution is -2.41. The summed E-state index contributed by atoms with van der Waals surface area (Å²) < 4.78 is 48.9. The molecule has 0 unspecified atom stereocenters. The molecule has 2 aromatic heterocycles. The Morgan fingerprint density at radius 1 is 0.962 bits per heavy atom. The van der Waals surface area contributed by atoms with E-state index >= 15 is 0 Å². The molecule has 15 heteroatoms. The fraction of sp³-hybridized carbons (Fsp3) is 0.432. The molecule has 2 atom stereocenters. The summed E-state index contributed by atoms with van der Waals surface area (Å²) in [7, 11) is -2.02. The molecule has 3 heterocycles. The second-order valence-corrected chi connectivity index (χ2v) is 17.0. The number of carbonyl (C=O) groups excluding carboxylic acids is 3. The van der Waals surface area contributed by atoms with Crippen LogP contribution in [-0.4, -0.2) is 71.9 Å². The van der Waals surface area contributed by atoms with Crippen LogP contribution < -0.4 is 19.7 Å². The van der Waals surface area contributed by atoms with Crippen LogP contribution in [0, 0.1) is 0 Å². The van der Waals surface area contributed by atoms with Crippen molar-refractivity contribution in [1.29, 1.82) is 0 Å². The van der Waals surface area contributed by atoms with E-state index < -0.39 is 44.5 Å². The summed E-state index contributed by atoms with van der Waals surface area (Å²) in [5, 5.41) is 8.22. The van der Waals surface area contributed by atoms with Crippen molar-refractivity contribution >= 4 is 56.2 Å². The lowest BCUT2D eigenvalue weighted by Gasteiger charge is -2.24. The number of benzene rings is 2. The van der Waals surface area contributed by atoms with Gasteiger partial charge in [-0.2, -0.15) is 4.68 Å². The molecule has 1 spiro atoms. The molecular weight excluding hydrogens is 690 g/mol. The number of nitrogens with zero attached hydrogens (tertiary/aromatic N) is 4. The van der Waals surface area contributed by atoms with Gasteiger partial charge in [-0.1, -0.05) is 13.0 Å². The number of nitrogens with one attached hydrogen (secondary N) is 1. The van der Waals surface area contributed by atoms with Crippen LogP contribution in [0.15, 0.2) is 53.6 Å². The third kappa shape index (κ3) is 6.53. The van der Waals surface area contributed by atoms with Crippen molar-refractivity contribution in [2.75, 3.05) is 29.7 Å². The van der Waals surface area contributed by atoms with Gasteiger partial charge >= 0.3 is 12.2 Å². The Morgan fingerprint density at radius 2 is 1.65 bits per heavy atom. The Bertz CT molecular complexity index is 2220. The average Bonchev–Trinajstić information content (AvgIpc) is 3.65. The predicted molar refractivity (Wildman–Crippen MR) is 194 cm³/mol. The molecule has 1 fully saturated rings. The lowest BCUT2D eigenvalue weighted by molar-refractivity contribution is -0.120. The van der Waals surface area contributed by atoms with E-state index in [0.717, 1.165) is 15.1 Å². The zero-order chi connectivity index (χ0) is 38.0. The second kappa shape index (κ2) is 12.8. The van der Waals surface area contributed by atoms with Gasteiger partial charge in [0.25, 0.3) is 0 Å². The van der Waals surface area contributed by atoms with Gasteiger partial charge < -0.3 is 24.3 Å². The molecule has 2 amide bonds. The number of hydrogen-bond acceptors (Lipinski definition) is 12. The molecule has 1 aliphatic carbocycles. The van der Waals surface area contributed by atoms with Crippen LogP contribution in [0.1, 0.15) is 78.9 Å². The average molecular weight is 734 g/mol. The summed E-state index contributed by atoms with van der Waals surface area (Å²) in [4.78, 5) is 46.7. The minimum Gasteiger partial charge on any atom is -0.497 e. The summed E-state index contributed by atoms with van der Waals surface area (Å²) in [5.74, 6) is 0.296. The van der Waals surface area contributed by atoms with Crippen molar-refractivity contribution in [3.63, 3.8) is 0 Å². The molecule has 276 valence electrons. The Labute approximate surface area is 302 Å². The van der Waals surface area contributed by atoms with Crippen molar-refractivity contribution in [2.24, 2.45) is 0 Å².